The van der Waals surface area contributed by atoms with Crippen LogP contribution in [0.5, 0.6) is 0 Å². The van der Waals surface area contributed by atoms with E-state index in [2.05, 4.69) is 4.98 Å². The van der Waals surface area contributed by atoms with Gasteiger partial charge in [-0.3, -0.25) is 4.79 Å². The molecule has 1 amide bonds. The van der Waals surface area contributed by atoms with Gasteiger partial charge in [-0.15, -0.1) is 11.3 Å². The lowest BCUT2D eigenvalue weighted by molar-refractivity contribution is -0.605. The molecule has 0 unspecified atom stereocenters. The number of halogens is 1. The molecule has 11 heteroatoms. The van der Waals surface area contributed by atoms with Crippen LogP contribution in [-0.2, 0) is 10.0 Å². The molecule has 1 aliphatic rings. The second kappa shape index (κ2) is 8.95. The summed E-state index contributed by atoms with van der Waals surface area (Å²) in [7, 11) is -3.75. The highest BCUT2D eigenvalue weighted by atomic mass is 35.5. The maximum atomic E-state index is 13.1. The molecule has 2 aromatic heterocycles. The summed E-state index contributed by atoms with van der Waals surface area (Å²) in [6.45, 7) is 0.974. The molecule has 1 fully saturated rings. The Hall–Kier alpha value is -3.05. The maximum Gasteiger partial charge on any atom is 0.270 e. The van der Waals surface area contributed by atoms with Crippen molar-refractivity contribution in [2.45, 2.75) is 4.34 Å². The Kier molecular flexibility index (Phi) is 5.98. The Labute approximate surface area is 205 Å². The first-order valence-electron chi connectivity index (χ1n) is 10.5. The van der Waals surface area contributed by atoms with Gasteiger partial charge >= 0.3 is 0 Å². The van der Waals surface area contributed by atoms with Crippen molar-refractivity contribution < 1.29 is 17.9 Å². The van der Waals surface area contributed by atoms with Crippen LogP contribution >= 0.6 is 22.9 Å². The minimum Gasteiger partial charge on any atom is -0.619 e. The summed E-state index contributed by atoms with van der Waals surface area (Å²) < 4.78 is 29.1. The van der Waals surface area contributed by atoms with Crippen LogP contribution in [0.2, 0.25) is 5.02 Å². The van der Waals surface area contributed by atoms with Crippen LogP contribution in [0.3, 0.4) is 0 Å². The average molecular weight is 515 g/mol. The van der Waals surface area contributed by atoms with Gasteiger partial charge in [-0.25, -0.2) is 13.4 Å². The predicted molar refractivity (Wildman–Crippen MR) is 130 cm³/mol. The summed E-state index contributed by atoms with van der Waals surface area (Å²) in [6.07, 6.45) is 2.84. The monoisotopic (exact) mass is 514 g/mol. The zero-order valence-corrected chi connectivity index (χ0v) is 20.2. The van der Waals surface area contributed by atoms with E-state index >= 15 is 0 Å². The lowest BCUT2D eigenvalue weighted by atomic mass is 10.0. The SMILES string of the molecule is O=C(c1ccc(-c2cc[n+]([O-])cc2)cc1)N1CCN(S(=O)(=O)c2nc3cc(Cl)ccc3s2)CC1. The smallest absolute Gasteiger partial charge is 0.270 e. The number of fused-ring (bicyclic) bond motifs is 1. The molecule has 0 aliphatic carbocycles. The van der Waals surface area contributed by atoms with Gasteiger partial charge < -0.3 is 10.1 Å². The van der Waals surface area contributed by atoms with Crippen molar-refractivity contribution >= 4 is 49.1 Å². The number of nitrogens with zero attached hydrogens (tertiary/aromatic N) is 4. The summed E-state index contributed by atoms with van der Waals surface area (Å²) in [4.78, 5) is 18.9. The van der Waals surface area contributed by atoms with Gasteiger partial charge in [0.1, 0.15) is 0 Å². The van der Waals surface area contributed by atoms with Crippen LogP contribution in [-0.4, -0.2) is 54.7 Å². The largest absolute Gasteiger partial charge is 0.619 e. The first-order chi connectivity index (χ1) is 16.3. The Morgan fingerprint density at radius 3 is 2.29 bits per heavy atom. The molecule has 1 saturated heterocycles. The van der Waals surface area contributed by atoms with Crippen molar-refractivity contribution in [1.82, 2.24) is 14.2 Å². The summed E-state index contributed by atoms with van der Waals surface area (Å²) in [6, 6.07) is 15.7. The number of rotatable bonds is 4. The molecule has 3 heterocycles. The number of pyridine rings is 1. The maximum absolute atomic E-state index is 13.1. The standard InChI is InChI=1S/C23H19ClN4O4S2/c24-19-5-6-21-20(15-19)25-23(33-21)34(31,32)28-13-11-26(12-14-28)22(29)18-3-1-16(2-4-18)17-7-9-27(30)10-8-17/h1-10,15H,11-14H2. The normalized spacial score (nSPS) is 15.0. The van der Waals surface area contributed by atoms with Gasteiger partial charge in [0.15, 0.2) is 12.4 Å². The van der Waals surface area contributed by atoms with Crippen molar-refractivity contribution in [2.24, 2.45) is 0 Å². The lowest BCUT2D eigenvalue weighted by Gasteiger charge is -2.33. The average Bonchev–Trinajstić information content (AvgIpc) is 3.28. The third kappa shape index (κ3) is 4.37. The molecular formula is C23H19ClN4O4S2. The fraction of sp³-hybridized carbons (Fsp3) is 0.174. The zero-order chi connectivity index (χ0) is 23.9. The summed E-state index contributed by atoms with van der Waals surface area (Å²) in [5, 5.41) is 11.7. The van der Waals surface area contributed by atoms with Gasteiger partial charge in [0.05, 0.1) is 10.2 Å². The van der Waals surface area contributed by atoms with E-state index in [-0.39, 0.29) is 23.3 Å². The zero-order valence-electron chi connectivity index (χ0n) is 17.8. The van der Waals surface area contributed by atoms with Crippen molar-refractivity contribution in [3.05, 3.63) is 82.8 Å². The Morgan fingerprint density at radius 2 is 1.62 bits per heavy atom. The Morgan fingerprint density at radius 1 is 0.971 bits per heavy atom. The van der Waals surface area contributed by atoms with E-state index in [9.17, 15) is 18.4 Å². The number of sulfonamides is 1. The molecular weight excluding hydrogens is 496 g/mol. The summed E-state index contributed by atoms with van der Waals surface area (Å²) in [5.41, 5.74) is 2.85. The predicted octanol–water partition coefficient (Wildman–Crippen LogP) is 3.40. The number of hydrogen-bond acceptors (Lipinski definition) is 6. The highest BCUT2D eigenvalue weighted by Gasteiger charge is 2.32. The van der Waals surface area contributed by atoms with Gasteiger partial charge in [-0.05, 0) is 41.5 Å². The minimum absolute atomic E-state index is 0.0311. The van der Waals surface area contributed by atoms with Crippen molar-refractivity contribution in [1.29, 1.82) is 0 Å². The molecule has 0 saturated carbocycles. The van der Waals surface area contributed by atoms with E-state index in [0.717, 1.165) is 27.2 Å². The first-order valence-corrected chi connectivity index (χ1v) is 13.1. The Balaban J connectivity index is 1.26. The highest BCUT2D eigenvalue weighted by Crippen LogP contribution is 2.30. The molecule has 8 nitrogen and oxygen atoms in total. The van der Waals surface area contributed by atoms with Crippen LogP contribution in [0.15, 0.2) is 71.3 Å². The molecule has 0 bridgehead atoms. The molecule has 0 N–H and O–H groups in total. The van der Waals surface area contributed by atoms with Crippen molar-refractivity contribution in [3.63, 3.8) is 0 Å². The molecule has 5 rings (SSSR count). The van der Waals surface area contributed by atoms with Crippen LogP contribution in [0.25, 0.3) is 21.3 Å². The van der Waals surface area contributed by atoms with Gasteiger partial charge in [0.2, 0.25) is 4.34 Å². The van der Waals surface area contributed by atoms with Gasteiger partial charge in [-0.1, -0.05) is 23.7 Å². The van der Waals surface area contributed by atoms with Gasteiger partial charge in [0, 0.05) is 48.9 Å². The number of amides is 1. The molecule has 1 aliphatic heterocycles. The van der Waals surface area contributed by atoms with Gasteiger partial charge in [0.25, 0.3) is 15.9 Å². The number of carbonyl (C=O) groups is 1. The third-order valence-electron chi connectivity index (χ3n) is 5.68. The fourth-order valence-corrected chi connectivity index (χ4v) is 6.75. The third-order valence-corrected chi connectivity index (χ3v) is 9.21. The van der Waals surface area contributed by atoms with Crippen LogP contribution < -0.4 is 4.73 Å². The van der Waals surface area contributed by atoms with Crippen LogP contribution in [0, 0.1) is 5.21 Å². The lowest BCUT2D eigenvalue weighted by Crippen LogP contribution is -2.50. The van der Waals surface area contributed by atoms with E-state index in [1.807, 2.05) is 12.1 Å². The molecule has 0 radical (unpaired) electrons. The number of piperazine rings is 1. The molecule has 34 heavy (non-hydrogen) atoms. The van der Waals surface area contributed by atoms with Crippen LogP contribution in [0.1, 0.15) is 10.4 Å². The van der Waals surface area contributed by atoms with E-state index in [4.69, 9.17) is 11.6 Å². The number of hydrogen-bond donors (Lipinski definition) is 0. The number of benzene rings is 2. The quantitative estimate of drug-likeness (QED) is 0.307. The number of aromatic nitrogens is 2. The van der Waals surface area contributed by atoms with Crippen molar-refractivity contribution in [2.75, 3.05) is 26.2 Å². The summed E-state index contributed by atoms with van der Waals surface area (Å²) >= 11 is 7.10. The van der Waals surface area contributed by atoms with E-state index in [0.29, 0.717) is 33.9 Å². The second-order valence-electron chi connectivity index (χ2n) is 7.81. The van der Waals surface area contributed by atoms with Crippen LogP contribution in [0.4, 0.5) is 0 Å². The molecule has 0 atom stereocenters. The Bertz CT molecular complexity index is 1460. The van der Waals surface area contributed by atoms with E-state index in [1.165, 1.54) is 16.7 Å². The molecule has 174 valence electrons. The highest BCUT2D eigenvalue weighted by molar-refractivity contribution is 7.91. The number of carbonyl (C=O) groups excluding carboxylic acids is 1. The topological polar surface area (TPSA) is 97.5 Å². The van der Waals surface area contributed by atoms with Gasteiger partial charge in [-0.2, -0.15) is 9.04 Å². The first kappa shape index (κ1) is 22.7. The van der Waals surface area contributed by atoms with E-state index in [1.54, 1.807) is 47.4 Å². The van der Waals surface area contributed by atoms with Crippen molar-refractivity contribution in [3.8, 4) is 11.1 Å². The minimum atomic E-state index is -3.75. The second-order valence-corrected chi connectivity index (χ2v) is 11.4. The fourth-order valence-electron chi connectivity index (χ4n) is 3.82. The molecule has 4 aromatic rings. The summed E-state index contributed by atoms with van der Waals surface area (Å²) in [5.74, 6) is -0.149. The molecule has 2 aromatic carbocycles. The van der Waals surface area contributed by atoms with E-state index < -0.39 is 10.0 Å². The molecule has 0 spiro atoms. The number of thiazole rings is 1.